The van der Waals surface area contributed by atoms with Crippen LogP contribution in [0.4, 0.5) is 5.69 Å². The molecule has 0 fully saturated rings. The van der Waals surface area contributed by atoms with Crippen LogP contribution in [0.15, 0.2) is 48.8 Å². The second-order valence-electron chi connectivity index (χ2n) is 7.39. The minimum absolute atomic E-state index is 0.0313. The maximum absolute atomic E-state index is 13.2. The minimum atomic E-state index is -0.606. The van der Waals surface area contributed by atoms with Crippen LogP contribution in [0.5, 0.6) is 0 Å². The van der Waals surface area contributed by atoms with Crippen molar-refractivity contribution in [2.24, 2.45) is 0 Å². The van der Waals surface area contributed by atoms with E-state index in [1.54, 1.807) is 36.9 Å². The molecule has 1 amide bonds. The second kappa shape index (κ2) is 10.5. The topological polar surface area (TPSA) is 112 Å². The van der Waals surface area contributed by atoms with Gasteiger partial charge in [-0.05, 0) is 50.1 Å². The summed E-state index contributed by atoms with van der Waals surface area (Å²) >= 11 is 0. The summed E-state index contributed by atoms with van der Waals surface area (Å²) in [5, 5.41) is 7.12. The maximum atomic E-state index is 13.2. The number of nitrogens with one attached hydrogen (secondary N) is 1. The first-order valence-corrected chi connectivity index (χ1v) is 10.7. The zero-order chi connectivity index (χ0) is 24.0. The number of ether oxygens (including phenoxy) is 2. The summed E-state index contributed by atoms with van der Waals surface area (Å²) in [6.45, 7) is 7.62. The molecule has 0 spiro atoms. The van der Waals surface area contributed by atoms with Gasteiger partial charge in [-0.1, -0.05) is 19.9 Å². The first kappa shape index (κ1) is 23.6. The second-order valence-corrected chi connectivity index (χ2v) is 7.39. The largest absolute Gasteiger partial charge is 0.462 e. The normalized spacial score (nSPS) is 10.7. The van der Waals surface area contributed by atoms with Crippen molar-refractivity contribution in [2.75, 3.05) is 18.5 Å². The number of esters is 2. The molecule has 33 heavy (non-hydrogen) atoms. The van der Waals surface area contributed by atoms with Gasteiger partial charge >= 0.3 is 11.9 Å². The Morgan fingerprint density at radius 1 is 1.00 bits per heavy atom. The van der Waals surface area contributed by atoms with Crippen LogP contribution in [0.2, 0.25) is 0 Å². The lowest BCUT2D eigenvalue weighted by molar-refractivity contribution is 0.0525. The van der Waals surface area contributed by atoms with E-state index in [0.717, 1.165) is 0 Å². The highest BCUT2D eigenvalue weighted by Crippen LogP contribution is 2.24. The van der Waals surface area contributed by atoms with E-state index in [1.807, 2.05) is 19.9 Å². The van der Waals surface area contributed by atoms with Crippen LogP contribution >= 0.6 is 0 Å². The van der Waals surface area contributed by atoms with Crippen LogP contribution in [0, 0.1) is 0 Å². The van der Waals surface area contributed by atoms with Crippen LogP contribution < -0.4 is 5.32 Å². The van der Waals surface area contributed by atoms with Crippen molar-refractivity contribution in [1.29, 1.82) is 0 Å². The number of carbonyl (C=O) groups excluding carboxylic acids is 3. The van der Waals surface area contributed by atoms with E-state index in [1.165, 1.54) is 24.4 Å². The third-order valence-electron chi connectivity index (χ3n) is 4.68. The first-order chi connectivity index (χ1) is 15.8. The molecule has 9 nitrogen and oxygen atoms in total. The summed E-state index contributed by atoms with van der Waals surface area (Å²) < 4.78 is 11.7. The molecule has 0 bridgehead atoms. The zero-order valence-electron chi connectivity index (χ0n) is 19.0. The quantitative estimate of drug-likeness (QED) is 0.516. The molecule has 0 saturated heterocycles. The standard InChI is InChI=1S/C24H26N4O5/c1-5-32-23(30)16-11-17(24(31)33-6-2)13-18(12-16)27-22(29)19-14-26-28(21(19)15(3)4)20-9-7-8-10-25-20/h7-15H,5-6H2,1-4H3,(H,27,29). The van der Waals surface area contributed by atoms with E-state index in [9.17, 15) is 14.4 Å². The van der Waals surface area contributed by atoms with Gasteiger partial charge in [0.15, 0.2) is 5.82 Å². The minimum Gasteiger partial charge on any atom is -0.462 e. The molecule has 1 aromatic carbocycles. The Labute approximate surface area is 191 Å². The van der Waals surface area contributed by atoms with Crippen molar-refractivity contribution in [2.45, 2.75) is 33.6 Å². The molecule has 0 aliphatic carbocycles. The van der Waals surface area contributed by atoms with Gasteiger partial charge in [0.05, 0.1) is 41.8 Å². The molecular formula is C24H26N4O5. The first-order valence-electron chi connectivity index (χ1n) is 10.7. The predicted octanol–water partition coefficient (Wildman–Crippen LogP) is 4.00. The molecule has 0 aliphatic heterocycles. The molecule has 0 unspecified atom stereocenters. The molecule has 0 aliphatic rings. The number of hydrogen-bond acceptors (Lipinski definition) is 7. The van der Waals surface area contributed by atoms with Gasteiger partial charge in [-0.3, -0.25) is 4.79 Å². The lowest BCUT2D eigenvalue weighted by atomic mass is 10.0. The molecule has 2 aromatic heterocycles. The molecule has 172 valence electrons. The van der Waals surface area contributed by atoms with Crippen molar-refractivity contribution >= 4 is 23.5 Å². The Balaban J connectivity index is 1.97. The van der Waals surface area contributed by atoms with E-state index in [-0.39, 0.29) is 35.9 Å². The number of rotatable bonds is 8. The summed E-state index contributed by atoms with van der Waals surface area (Å²) in [5.74, 6) is -1.09. The van der Waals surface area contributed by atoms with Gasteiger partial charge in [0.1, 0.15) is 0 Å². The fraction of sp³-hybridized carbons (Fsp3) is 0.292. The van der Waals surface area contributed by atoms with Gasteiger partial charge in [0, 0.05) is 11.9 Å². The molecule has 0 saturated carbocycles. The molecule has 3 aromatic rings. The van der Waals surface area contributed by atoms with Crippen LogP contribution in [-0.4, -0.2) is 45.8 Å². The molecule has 1 N–H and O–H groups in total. The van der Waals surface area contributed by atoms with Crippen molar-refractivity contribution in [3.63, 3.8) is 0 Å². The van der Waals surface area contributed by atoms with Gasteiger partial charge in [-0.2, -0.15) is 5.10 Å². The molecule has 0 radical (unpaired) electrons. The van der Waals surface area contributed by atoms with Crippen LogP contribution in [-0.2, 0) is 9.47 Å². The third-order valence-corrected chi connectivity index (χ3v) is 4.68. The van der Waals surface area contributed by atoms with E-state index < -0.39 is 17.8 Å². The number of carbonyl (C=O) groups is 3. The number of anilines is 1. The summed E-state index contributed by atoms with van der Waals surface area (Å²) in [7, 11) is 0. The Bertz CT molecular complexity index is 1120. The Morgan fingerprint density at radius 2 is 1.64 bits per heavy atom. The summed E-state index contributed by atoms with van der Waals surface area (Å²) in [5.41, 5.74) is 1.55. The molecule has 3 rings (SSSR count). The van der Waals surface area contributed by atoms with E-state index >= 15 is 0 Å². The number of aromatic nitrogens is 3. The van der Waals surface area contributed by atoms with E-state index in [2.05, 4.69) is 15.4 Å². The molecule has 9 heteroatoms. The molecular weight excluding hydrogens is 424 g/mol. The highest BCUT2D eigenvalue weighted by atomic mass is 16.5. The average Bonchev–Trinajstić information content (AvgIpc) is 3.25. The smallest absolute Gasteiger partial charge is 0.338 e. The van der Waals surface area contributed by atoms with Gasteiger partial charge < -0.3 is 14.8 Å². The number of hydrogen-bond donors (Lipinski definition) is 1. The van der Waals surface area contributed by atoms with Crippen LogP contribution in [0.3, 0.4) is 0 Å². The van der Waals surface area contributed by atoms with Gasteiger partial charge in [0.2, 0.25) is 0 Å². The third kappa shape index (κ3) is 5.43. The van der Waals surface area contributed by atoms with Crippen molar-refractivity contribution in [3.8, 4) is 5.82 Å². The number of benzene rings is 1. The monoisotopic (exact) mass is 450 g/mol. The average molecular weight is 450 g/mol. The SMILES string of the molecule is CCOC(=O)c1cc(NC(=O)c2cnn(-c3ccccn3)c2C(C)C)cc(C(=O)OCC)c1. The van der Waals surface area contributed by atoms with Crippen molar-refractivity contribution in [1.82, 2.24) is 14.8 Å². The predicted molar refractivity (Wildman–Crippen MR) is 122 cm³/mol. The maximum Gasteiger partial charge on any atom is 0.338 e. The van der Waals surface area contributed by atoms with Gasteiger partial charge in [0.25, 0.3) is 5.91 Å². The summed E-state index contributed by atoms with van der Waals surface area (Å²) in [6, 6.07) is 9.73. The Hall–Kier alpha value is -4.01. The molecule has 0 atom stereocenters. The Kier molecular flexibility index (Phi) is 7.55. The van der Waals surface area contributed by atoms with Crippen LogP contribution in [0.25, 0.3) is 5.82 Å². The fourth-order valence-corrected chi connectivity index (χ4v) is 3.31. The van der Waals surface area contributed by atoms with Gasteiger partial charge in [-0.15, -0.1) is 0 Å². The van der Waals surface area contributed by atoms with Crippen molar-refractivity contribution < 1.29 is 23.9 Å². The lowest BCUT2D eigenvalue weighted by Crippen LogP contribution is -2.17. The lowest BCUT2D eigenvalue weighted by Gasteiger charge is -2.13. The number of pyridine rings is 1. The fourth-order valence-electron chi connectivity index (χ4n) is 3.31. The van der Waals surface area contributed by atoms with E-state index in [4.69, 9.17) is 9.47 Å². The highest BCUT2D eigenvalue weighted by molar-refractivity contribution is 6.06. The Morgan fingerprint density at radius 3 is 2.15 bits per heavy atom. The van der Waals surface area contributed by atoms with Gasteiger partial charge in [-0.25, -0.2) is 19.3 Å². The highest BCUT2D eigenvalue weighted by Gasteiger charge is 2.22. The number of amides is 1. The molecule has 2 heterocycles. The van der Waals surface area contributed by atoms with E-state index in [0.29, 0.717) is 17.1 Å². The van der Waals surface area contributed by atoms with Crippen molar-refractivity contribution in [3.05, 3.63) is 71.2 Å². The van der Waals surface area contributed by atoms with Crippen LogP contribution in [0.1, 0.15) is 70.4 Å². The summed E-state index contributed by atoms with van der Waals surface area (Å²) in [6.07, 6.45) is 3.12. The summed E-state index contributed by atoms with van der Waals surface area (Å²) in [4.78, 5) is 42.1. The zero-order valence-corrected chi connectivity index (χ0v) is 19.0. The number of nitrogens with zero attached hydrogens (tertiary/aromatic N) is 3.